The van der Waals surface area contributed by atoms with Crippen LogP contribution in [-0.2, 0) is 18.9 Å². The van der Waals surface area contributed by atoms with Crippen molar-refractivity contribution in [2.75, 3.05) is 6.61 Å². The highest BCUT2D eigenvalue weighted by molar-refractivity contribution is 5.93. The molecule has 4 rings (SSSR count). The molecule has 32 heavy (non-hydrogen) atoms. The van der Waals surface area contributed by atoms with E-state index in [0.29, 0.717) is 11.5 Å². The van der Waals surface area contributed by atoms with Crippen molar-refractivity contribution in [3.8, 4) is 17.3 Å². The van der Waals surface area contributed by atoms with Gasteiger partial charge in [-0.05, 0) is 38.8 Å². The van der Waals surface area contributed by atoms with E-state index in [1.807, 2.05) is 82.9 Å². The van der Waals surface area contributed by atoms with Gasteiger partial charge in [-0.3, -0.25) is 4.79 Å². The van der Waals surface area contributed by atoms with Crippen LogP contribution in [0.15, 0.2) is 36.5 Å². The lowest BCUT2D eigenvalue weighted by atomic mass is 10.1. The normalized spacial score (nSPS) is 12.2. The van der Waals surface area contributed by atoms with Crippen molar-refractivity contribution in [3.63, 3.8) is 0 Å². The minimum absolute atomic E-state index is 0.106. The van der Waals surface area contributed by atoms with Gasteiger partial charge >= 0.3 is 0 Å². The van der Waals surface area contributed by atoms with Crippen LogP contribution in [0.1, 0.15) is 35.5 Å². The first-order chi connectivity index (χ1) is 15.2. The molecule has 0 spiro atoms. The van der Waals surface area contributed by atoms with Gasteiger partial charge in [0.2, 0.25) is 5.88 Å². The van der Waals surface area contributed by atoms with Gasteiger partial charge in [-0.15, -0.1) is 0 Å². The zero-order valence-corrected chi connectivity index (χ0v) is 19.3. The van der Waals surface area contributed by atoms with E-state index in [1.165, 1.54) is 5.56 Å². The highest BCUT2D eigenvalue weighted by Crippen LogP contribution is 2.31. The quantitative estimate of drug-likeness (QED) is 0.504. The Labute approximate surface area is 187 Å². The van der Waals surface area contributed by atoms with Gasteiger partial charge in [0.25, 0.3) is 5.91 Å². The van der Waals surface area contributed by atoms with E-state index < -0.39 is 0 Å². The number of aryl methyl sites for hydroxylation is 4. The standard InChI is InChI=1S/C24H28N6O2/c1-14-7-9-18(10-8-14)16(3)26-20(31)13-32-21-11-15(2)22-23(28-30(6)24(22)27-21)19-12-25-17(4)29(19)5/h7-12,16H,13H2,1-6H3,(H,26,31). The fraction of sp³-hybridized carbons (Fsp3) is 0.333. The van der Waals surface area contributed by atoms with E-state index in [0.717, 1.165) is 33.7 Å². The second-order valence-electron chi connectivity index (χ2n) is 8.19. The van der Waals surface area contributed by atoms with Crippen LogP contribution in [0.4, 0.5) is 0 Å². The number of hydrogen-bond donors (Lipinski definition) is 1. The van der Waals surface area contributed by atoms with E-state index >= 15 is 0 Å². The van der Waals surface area contributed by atoms with Crippen LogP contribution in [0, 0.1) is 20.8 Å². The molecule has 3 heterocycles. The summed E-state index contributed by atoms with van der Waals surface area (Å²) in [5.74, 6) is 1.10. The number of aromatic nitrogens is 5. The van der Waals surface area contributed by atoms with Crippen LogP contribution in [-0.4, -0.2) is 36.8 Å². The molecule has 0 aliphatic carbocycles. The van der Waals surface area contributed by atoms with Crippen LogP contribution in [0.25, 0.3) is 22.4 Å². The van der Waals surface area contributed by atoms with Gasteiger partial charge in [0, 0.05) is 20.2 Å². The summed E-state index contributed by atoms with van der Waals surface area (Å²) >= 11 is 0. The molecule has 0 aliphatic rings. The number of carbonyl (C=O) groups excluding carboxylic acids is 1. The first-order valence-electron chi connectivity index (χ1n) is 10.6. The Morgan fingerprint density at radius 1 is 1.16 bits per heavy atom. The molecular formula is C24H28N6O2. The molecule has 4 aromatic rings. The van der Waals surface area contributed by atoms with Gasteiger partial charge in [0.1, 0.15) is 11.5 Å². The Bertz CT molecular complexity index is 1290. The predicted octanol–water partition coefficient (Wildman–Crippen LogP) is 3.55. The number of hydrogen-bond acceptors (Lipinski definition) is 5. The number of fused-ring (bicyclic) bond motifs is 1. The number of carbonyl (C=O) groups is 1. The van der Waals surface area contributed by atoms with E-state index in [9.17, 15) is 4.79 Å². The minimum Gasteiger partial charge on any atom is -0.468 e. The molecular weight excluding hydrogens is 404 g/mol. The molecule has 0 saturated carbocycles. The van der Waals surface area contributed by atoms with Crippen LogP contribution in [0.5, 0.6) is 5.88 Å². The number of nitrogens with zero attached hydrogens (tertiary/aromatic N) is 5. The van der Waals surface area contributed by atoms with E-state index in [-0.39, 0.29) is 18.6 Å². The Kier molecular flexibility index (Phi) is 5.69. The number of amides is 1. The number of imidazole rings is 1. The number of ether oxygens (including phenoxy) is 1. The van der Waals surface area contributed by atoms with Crippen molar-refractivity contribution >= 4 is 16.9 Å². The summed E-state index contributed by atoms with van der Waals surface area (Å²) in [5.41, 5.74) is 5.65. The van der Waals surface area contributed by atoms with Gasteiger partial charge in [0.05, 0.1) is 23.3 Å². The molecule has 0 aliphatic heterocycles. The fourth-order valence-corrected chi connectivity index (χ4v) is 3.74. The lowest BCUT2D eigenvalue weighted by molar-refractivity contribution is -0.123. The molecule has 0 fully saturated rings. The lowest BCUT2D eigenvalue weighted by Crippen LogP contribution is -2.31. The molecule has 1 unspecified atom stereocenters. The van der Waals surface area contributed by atoms with Gasteiger partial charge < -0.3 is 14.6 Å². The maximum Gasteiger partial charge on any atom is 0.258 e. The topological polar surface area (TPSA) is 86.9 Å². The maximum absolute atomic E-state index is 12.4. The molecule has 0 radical (unpaired) electrons. The third-order valence-electron chi connectivity index (χ3n) is 5.74. The fourth-order valence-electron chi connectivity index (χ4n) is 3.74. The largest absolute Gasteiger partial charge is 0.468 e. The lowest BCUT2D eigenvalue weighted by Gasteiger charge is -2.15. The van der Waals surface area contributed by atoms with Crippen molar-refractivity contribution in [1.29, 1.82) is 0 Å². The van der Waals surface area contributed by atoms with Crippen LogP contribution in [0.3, 0.4) is 0 Å². The molecule has 1 atom stereocenters. The second kappa shape index (κ2) is 8.45. The number of rotatable bonds is 6. The Hall–Kier alpha value is -3.68. The van der Waals surface area contributed by atoms with Gasteiger partial charge in [0.15, 0.2) is 12.3 Å². The second-order valence-corrected chi connectivity index (χ2v) is 8.19. The van der Waals surface area contributed by atoms with Crippen LogP contribution < -0.4 is 10.1 Å². The Morgan fingerprint density at radius 3 is 2.53 bits per heavy atom. The Morgan fingerprint density at radius 2 is 1.88 bits per heavy atom. The van der Waals surface area contributed by atoms with Gasteiger partial charge in [-0.25, -0.2) is 9.67 Å². The van der Waals surface area contributed by atoms with Crippen molar-refractivity contribution < 1.29 is 9.53 Å². The van der Waals surface area contributed by atoms with Crippen molar-refractivity contribution in [3.05, 3.63) is 59.0 Å². The third kappa shape index (κ3) is 4.08. The summed E-state index contributed by atoms with van der Waals surface area (Å²) in [6.45, 7) is 7.82. The number of benzene rings is 1. The van der Waals surface area contributed by atoms with E-state index in [4.69, 9.17) is 4.74 Å². The summed E-state index contributed by atoms with van der Waals surface area (Å²) in [5, 5.41) is 8.58. The average molecular weight is 433 g/mol. The zero-order valence-electron chi connectivity index (χ0n) is 19.3. The monoisotopic (exact) mass is 432 g/mol. The summed E-state index contributed by atoms with van der Waals surface area (Å²) in [6, 6.07) is 9.84. The summed E-state index contributed by atoms with van der Waals surface area (Å²) in [7, 11) is 3.82. The molecule has 1 amide bonds. The average Bonchev–Trinajstić information content (AvgIpc) is 3.26. The summed E-state index contributed by atoms with van der Waals surface area (Å²) in [4.78, 5) is 21.4. The highest BCUT2D eigenvalue weighted by Gasteiger charge is 2.19. The SMILES string of the molecule is Cc1ccc(C(C)NC(=O)COc2cc(C)c3c(-c4cnc(C)n4C)nn(C)c3n2)cc1. The molecule has 0 bridgehead atoms. The number of nitrogens with one attached hydrogen (secondary N) is 1. The maximum atomic E-state index is 12.4. The third-order valence-corrected chi connectivity index (χ3v) is 5.74. The predicted molar refractivity (Wildman–Crippen MR) is 123 cm³/mol. The first kappa shape index (κ1) is 21.5. The number of pyridine rings is 1. The summed E-state index contributed by atoms with van der Waals surface area (Å²) in [6.07, 6.45) is 1.82. The van der Waals surface area contributed by atoms with E-state index in [1.54, 1.807) is 4.68 Å². The molecule has 8 nitrogen and oxygen atoms in total. The molecule has 0 saturated heterocycles. The molecule has 8 heteroatoms. The van der Waals surface area contributed by atoms with Crippen molar-refractivity contribution in [1.82, 2.24) is 29.6 Å². The van der Waals surface area contributed by atoms with Crippen molar-refractivity contribution in [2.24, 2.45) is 14.1 Å². The molecule has 1 aromatic carbocycles. The summed E-state index contributed by atoms with van der Waals surface area (Å²) < 4.78 is 9.46. The molecule has 166 valence electrons. The highest BCUT2D eigenvalue weighted by atomic mass is 16.5. The molecule has 3 aromatic heterocycles. The minimum atomic E-state index is -0.200. The smallest absolute Gasteiger partial charge is 0.258 e. The van der Waals surface area contributed by atoms with E-state index in [2.05, 4.69) is 20.4 Å². The van der Waals surface area contributed by atoms with Gasteiger partial charge in [-0.2, -0.15) is 10.1 Å². The zero-order chi connectivity index (χ0) is 23.0. The molecule has 1 N–H and O–H groups in total. The first-order valence-corrected chi connectivity index (χ1v) is 10.6. The van der Waals surface area contributed by atoms with Crippen LogP contribution >= 0.6 is 0 Å². The van der Waals surface area contributed by atoms with Crippen molar-refractivity contribution in [2.45, 2.75) is 33.7 Å². The Balaban J connectivity index is 1.50. The van der Waals surface area contributed by atoms with Gasteiger partial charge in [-0.1, -0.05) is 29.8 Å². The van der Waals surface area contributed by atoms with Crippen LogP contribution in [0.2, 0.25) is 0 Å².